The van der Waals surface area contributed by atoms with E-state index in [4.69, 9.17) is 0 Å². The topological polar surface area (TPSA) is 0 Å². The summed E-state index contributed by atoms with van der Waals surface area (Å²) >= 11 is 0. The molecule has 0 saturated carbocycles. The van der Waals surface area contributed by atoms with Crippen LogP contribution < -0.4 is 0 Å². The van der Waals surface area contributed by atoms with Crippen molar-refractivity contribution in [2.24, 2.45) is 0 Å². The Hall–Kier alpha value is -2.69. The highest BCUT2D eigenvalue weighted by atomic mass is 19.2. The number of benzene rings is 3. The molecule has 5 heteroatoms. The van der Waals surface area contributed by atoms with Crippen molar-refractivity contribution >= 4 is 0 Å². The SMILES string of the molecule is Fc1ccc(-c2cc(F)c(-c3ccc(F)c(F)c3)c(F)c2)cc1. The summed E-state index contributed by atoms with van der Waals surface area (Å²) in [6, 6.07) is 9.88. The lowest BCUT2D eigenvalue weighted by Crippen LogP contribution is -1.94. The molecule has 3 rings (SSSR count). The maximum atomic E-state index is 14.3. The van der Waals surface area contributed by atoms with E-state index in [1.807, 2.05) is 0 Å². The van der Waals surface area contributed by atoms with Gasteiger partial charge in [-0.25, -0.2) is 22.0 Å². The number of hydrogen-bond acceptors (Lipinski definition) is 0. The van der Waals surface area contributed by atoms with Gasteiger partial charge in [0.15, 0.2) is 11.6 Å². The van der Waals surface area contributed by atoms with Crippen LogP contribution in [0.2, 0.25) is 0 Å². The van der Waals surface area contributed by atoms with E-state index in [1.165, 1.54) is 24.3 Å². The zero-order chi connectivity index (χ0) is 16.6. The molecule has 0 unspecified atom stereocenters. The zero-order valence-corrected chi connectivity index (χ0v) is 11.6. The quantitative estimate of drug-likeness (QED) is 0.530. The van der Waals surface area contributed by atoms with E-state index in [-0.39, 0.29) is 11.1 Å². The Kier molecular flexibility index (Phi) is 3.86. The van der Waals surface area contributed by atoms with Crippen LogP contribution in [0.3, 0.4) is 0 Å². The van der Waals surface area contributed by atoms with Gasteiger partial charge in [-0.2, -0.15) is 0 Å². The maximum Gasteiger partial charge on any atom is 0.159 e. The van der Waals surface area contributed by atoms with Crippen LogP contribution in [0.15, 0.2) is 54.6 Å². The van der Waals surface area contributed by atoms with Crippen molar-refractivity contribution < 1.29 is 22.0 Å². The van der Waals surface area contributed by atoms with Crippen molar-refractivity contribution in [1.82, 2.24) is 0 Å². The first-order valence-electron chi connectivity index (χ1n) is 6.66. The van der Waals surface area contributed by atoms with E-state index < -0.39 is 34.6 Å². The smallest absolute Gasteiger partial charge is 0.159 e. The molecule has 0 radical (unpaired) electrons. The summed E-state index contributed by atoms with van der Waals surface area (Å²) in [7, 11) is 0. The Morgan fingerprint density at radius 2 is 0.957 bits per heavy atom. The van der Waals surface area contributed by atoms with E-state index >= 15 is 0 Å². The Balaban J connectivity index is 2.10. The summed E-state index contributed by atoms with van der Waals surface area (Å²) in [4.78, 5) is 0. The van der Waals surface area contributed by atoms with Crippen molar-refractivity contribution in [3.63, 3.8) is 0 Å². The van der Waals surface area contributed by atoms with Crippen LogP contribution >= 0.6 is 0 Å². The molecule has 3 aromatic rings. The molecule has 0 heterocycles. The molecule has 0 aliphatic rings. The molecule has 116 valence electrons. The van der Waals surface area contributed by atoms with Crippen molar-refractivity contribution in [1.29, 1.82) is 0 Å². The summed E-state index contributed by atoms with van der Waals surface area (Å²) in [5, 5.41) is 0. The molecule has 3 aromatic carbocycles. The van der Waals surface area contributed by atoms with Crippen LogP contribution in [0.5, 0.6) is 0 Å². The zero-order valence-electron chi connectivity index (χ0n) is 11.6. The van der Waals surface area contributed by atoms with Gasteiger partial charge in [0.05, 0.1) is 5.56 Å². The van der Waals surface area contributed by atoms with Gasteiger partial charge in [-0.15, -0.1) is 0 Å². The molecule has 0 N–H and O–H groups in total. The molecule has 0 atom stereocenters. The summed E-state index contributed by atoms with van der Waals surface area (Å²) < 4.78 is 67.6. The highest BCUT2D eigenvalue weighted by Crippen LogP contribution is 2.31. The third kappa shape index (κ3) is 2.95. The molecule has 0 bridgehead atoms. The average Bonchev–Trinajstić information content (AvgIpc) is 2.51. The fourth-order valence-corrected chi connectivity index (χ4v) is 2.31. The van der Waals surface area contributed by atoms with Crippen LogP contribution in [0, 0.1) is 29.1 Å². The van der Waals surface area contributed by atoms with Gasteiger partial charge < -0.3 is 0 Å². The Morgan fingerprint density at radius 1 is 0.435 bits per heavy atom. The molecule has 0 aliphatic heterocycles. The Bertz CT molecular complexity index is 846. The summed E-state index contributed by atoms with van der Waals surface area (Å²) in [6.07, 6.45) is 0. The fraction of sp³-hybridized carbons (Fsp3) is 0. The van der Waals surface area contributed by atoms with Crippen molar-refractivity contribution in [2.45, 2.75) is 0 Å². The molecule has 0 amide bonds. The number of rotatable bonds is 2. The van der Waals surface area contributed by atoms with Crippen molar-refractivity contribution in [3.8, 4) is 22.3 Å². The Labute approximate surface area is 128 Å². The number of halogens is 5. The normalized spacial score (nSPS) is 10.8. The maximum absolute atomic E-state index is 14.3. The minimum Gasteiger partial charge on any atom is -0.207 e. The minimum atomic E-state index is -1.19. The van der Waals surface area contributed by atoms with Crippen LogP contribution in [-0.2, 0) is 0 Å². The van der Waals surface area contributed by atoms with E-state index in [1.54, 1.807) is 0 Å². The Morgan fingerprint density at radius 3 is 1.52 bits per heavy atom. The highest BCUT2D eigenvalue weighted by molar-refractivity contribution is 5.71. The second-order valence-corrected chi connectivity index (χ2v) is 4.95. The van der Waals surface area contributed by atoms with Gasteiger partial charge in [-0.05, 0) is 53.1 Å². The molecule has 0 saturated heterocycles. The summed E-state index contributed by atoms with van der Waals surface area (Å²) in [5.74, 6) is -4.60. The molecule has 23 heavy (non-hydrogen) atoms. The minimum absolute atomic E-state index is 0.107. The predicted octanol–water partition coefficient (Wildman–Crippen LogP) is 5.72. The number of hydrogen-bond donors (Lipinski definition) is 0. The second kappa shape index (κ2) is 5.83. The average molecular weight is 320 g/mol. The van der Waals surface area contributed by atoms with Gasteiger partial charge in [-0.3, -0.25) is 0 Å². The van der Waals surface area contributed by atoms with Crippen molar-refractivity contribution in [2.75, 3.05) is 0 Å². The molecule has 0 spiro atoms. The van der Waals surface area contributed by atoms with Gasteiger partial charge in [-0.1, -0.05) is 18.2 Å². The summed E-state index contributed by atoms with van der Waals surface area (Å²) in [5.41, 5.74) is 0.0895. The largest absolute Gasteiger partial charge is 0.207 e. The second-order valence-electron chi connectivity index (χ2n) is 4.95. The van der Waals surface area contributed by atoms with Crippen LogP contribution in [0.25, 0.3) is 22.3 Å². The first-order chi connectivity index (χ1) is 11.0. The van der Waals surface area contributed by atoms with E-state index in [0.29, 0.717) is 5.56 Å². The molecule has 0 aromatic heterocycles. The molecule has 0 nitrogen and oxygen atoms in total. The van der Waals surface area contributed by atoms with Crippen molar-refractivity contribution in [3.05, 3.63) is 83.7 Å². The third-order valence-corrected chi connectivity index (χ3v) is 3.43. The molecule has 0 fully saturated rings. The molecular weight excluding hydrogens is 311 g/mol. The van der Waals surface area contributed by atoms with Gasteiger partial charge in [0.2, 0.25) is 0 Å². The molecule has 0 aliphatic carbocycles. The van der Waals surface area contributed by atoms with Gasteiger partial charge in [0, 0.05) is 0 Å². The lowest BCUT2D eigenvalue weighted by atomic mass is 9.98. The highest BCUT2D eigenvalue weighted by Gasteiger charge is 2.16. The van der Waals surface area contributed by atoms with E-state index in [9.17, 15) is 22.0 Å². The first-order valence-corrected chi connectivity index (χ1v) is 6.66. The predicted molar refractivity (Wildman–Crippen MR) is 77.1 cm³/mol. The lowest BCUT2D eigenvalue weighted by molar-refractivity contribution is 0.508. The van der Waals surface area contributed by atoms with Crippen LogP contribution in [0.4, 0.5) is 22.0 Å². The standard InChI is InChI=1S/C18H9F5/c19-13-4-1-10(2-5-13)12-8-16(22)18(17(23)9-12)11-3-6-14(20)15(21)7-11/h1-9H. The van der Waals surface area contributed by atoms with E-state index in [0.717, 1.165) is 30.3 Å². The lowest BCUT2D eigenvalue weighted by Gasteiger charge is -2.09. The van der Waals surface area contributed by atoms with Gasteiger partial charge >= 0.3 is 0 Å². The third-order valence-electron chi connectivity index (χ3n) is 3.43. The molecular formula is C18H9F5. The van der Waals surface area contributed by atoms with Gasteiger partial charge in [0.1, 0.15) is 17.5 Å². The first kappa shape index (κ1) is 15.2. The van der Waals surface area contributed by atoms with Crippen LogP contribution in [0.1, 0.15) is 0 Å². The van der Waals surface area contributed by atoms with E-state index in [2.05, 4.69) is 0 Å². The monoisotopic (exact) mass is 320 g/mol. The van der Waals surface area contributed by atoms with Crippen LogP contribution in [-0.4, -0.2) is 0 Å². The summed E-state index contributed by atoms with van der Waals surface area (Å²) in [6.45, 7) is 0. The fourth-order valence-electron chi connectivity index (χ4n) is 2.31. The van der Waals surface area contributed by atoms with Gasteiger partial charge in [0.25, 0.3) is 0 Å².